The number of aliphatic imine (C=N–C) groups is 1. The molecule has 3 rings (SSSR count). The number of aryl methyl sites for hydroxylation is 1. The number of carbonyl (C=O) groups is 2. The summed E-state index contributed by atoms with van der Waals surface area (Å²) in [6.07, 6.45) is 1.69. The van der Waals surface area contributed by atoms with Gasteiger partial charge in [-0.1, -0.05) is 18.2 Å². The number of hydrogen-bond donors (Lipinski definition) is 1. The molecule has 1 N–H and O–H groups in total. The summed E-state index contributed by atoms with van der Waals surface area (Å²) in [5.41, 5.74) is 2.19. The van der Waals surface area contributed by atoms with Crippen LogP contribution in [0.5, 0.6) is 11.5 Å². The van der Waals surface area contributed by atoms with Crippen molar-refractivity contribution in [3.8, 4) is 11.5 Å². The molecule has 0 saturated carbocycles. The molecule has 0 aliphatic carbocycles. The van der Waals surface area contributed by atoms with E-state index in [1.54, 1.807) is 32.4 Å². The Morgan fingerprint density at radius 2 is 2.00 bits per heavy atom. The summed E-state index contributed by atoms with van der Waals surface area (Å²) in [4.78, 5) is 30.6. The summed E-state index contributed by atoms with van der Waals surface area (Å²) < 4.78 is 11.3. The van der Waals surface area contributed by atoms with E-state index in [4.69, 9.17) is 9.47 Å². The number of benzene rings is 2. The molecule has 162 valence electrons. The topological polar surface area (TPSA) is 88.4 Å². The lowest BCUT2D eigenvalue weighted by molar-refractivity contribution is -0.121. The van der Waals surface area contributed by atoms with Crippen LogP contribution in [-0.4, -0.2) is 47.3 Å². The van der Waals surface area contributed by atoms with Gasteiger partial charge in [-0.25, -0.2) is 9.79 Å². The van der Waals surface area contributed by atoms with Crippen LogP contribution in [0.4, 0.5) is 5.69 Å². The van der Waals surface area contributed by atoms with Crippen LogP contribution in [0.15, 0.2) is 46.3 Å². The number of aromatic carboxylic acids is 1. The van der Waals surface area contributed by atoms with Gasteiger partial charge in [0.1, 0.15) is 0 Å². The van der Waals surface area contributed by atoms with E-state index in [1.165, 1.54) is 28.8 Å². The molecule has 1 aliphatic heterocycles. The summed E-state index contributed by atoms with van der Waals surface area (Å²) in [6, 6.07) is 10.2. The van der Waals surface area contributed by atoms with Crippen LogP contribution in [0.25, 0.3) is 6.08 Å². The molecular formula is C23H24N2O5S. The Hall–Kier alpha value is -3.26. The average molecular weight is 441 g/mol. The van der Waals surface area contributed by atoms with Crippen LogP contribution < -0.4 is 9.47 Å². The van der Waals surface area contributed by atoms with E-state index >= 15 is 0 Å². The molecule has 31 heavy (non-hydrogen) atoms. The first-order valence-electron chi connectivity index (χ1n) is 9.65. The van der Waals surface area contributed by atoms with E-state index in [0.717, 1.165) is 11.1 Å². The van der Waals surface area contributed by atoms with E-state index in [9.17, 15) is 14.7 Å². The molecule has 0 aromatic heterocycles. The number of thioether (sulfide) groups is 1. The number of amidine groups is 1. The van der Waals surface area contributed by atoms with E-state index in [-0.39, 0.29) is 17.6 Å². The second-order valence-electron chi connectivity index (χ2n) is 7.22. The van der Waals surface area contributed by atoms with Crippen LogP contribution in [0.1, 0.15) is 35.3 Å². The van der Waals surface area contributed by atoms with E-state index in [1.807, 2.05) is 32.9 Å². The fourth-order valence-electron chi connectivity index (χ4n) is 2.93. The lowest BCUT2D eigenvalue weighted by Crippen LogP contribution is -2.23. The molecule has 1 heterocycles. The van der Waals surface area contributed by atoms with Crippen molar-refractivity contribution < 1.29 is 24.2 Å². The summed E-state index contributed by atoms with van der Waals surface area (Å²) in [5, 5.41) is 9.71. The third kappa shape index (κ3) is 4.91. The van der Waals surface area contributed by atoms with Crippen molar-refractivity contribution in [1.29, 1.82) is 0 Å². The van der Waals surface area contributed by atoms with E-state index in [2.05, 4.69) is 4.99 Å². The Kier molecular flexibility index (Phi) is 6.70. The van der Waals surface area contributed by atoms with Gasteiger partial charge in [-0.3, -0.25) is 9.69 Å². The zero-order valence-electron chi connectivity index (χ0n) is 18.0. The summed E-state index contributed by atoms with van der Waals surface area (Å²) >= 11 is 1.22. The van der Waals surface area contributed by atoms with Gasteiger partial charge in [0.25, 0.3) is 5.91 Å². The smallest absolute Gasteiger partial charge is 0.335 e. The lowest BCUT2D eigenvalue weighted by Gasteiger charge is -2.16. The standard InChI is InChI=1S/C23H24N2O5S/c1-13(2)30-20-15(7-6-8-18(20)29-5)12-19-21(26)25(4)23(31-19)24-17-11-16(22(27)28)10-9-14(17)3/h6-13H,1-5H3,(H,27,28)/b19-12-,24-23?. The van der Waals surface area contributed by atoms with Crippen molar-refractivity contribution in [1.82, 2.24) is 4.90 Å². The SMILES string of the molecule is COc1cccc(/C=C2\SC(=Nc3cc(C(=O)O)ccc3C)N(C)C2=O)c1OC(C)C. The molecule has 1 aliphatic rings. The van der Waals surface area contributed by atoms with Crippen LogP contribution in [0.2, 0.25) is 0 Å². The van der Waals surface area contributed by atoms with Gasteiger partial charge in [0.2, 0.25) is 0 Å². The largest absolute Gasteiger partial charge is 0.493 e. The van der Waals surface area contributed by atoms with E-state index in [0.29, 0.717) is 27.3 Å². The third-order valence-electron chi connectivity index (χ3n) is 4.55. The maximum atomic E-state index is 12.8. The number of amides is 1. The second kappa shape index (κ2) is 9.26. The number of para-hydroxylation sites is 1. The molecule has 2 aromatic carbocycles. The van der Waals surface area contributed by atoms with Crippen molar-refractivity contribution in [2.24, 2.45) is 4.99 Å². The summed E-state index contributed by atoms with van der Waals surface area (Å²) in [7, 11) is 3.21. The molecule has 1 amide bonds. The number of carboxylic acid groups (broad SMARTS) is 1. The Morgan fingerprint density at radius 3 is 2.65 bits per heavy atom. The highest BCUT2D eigenvalue weighted by molar-refractivity contribution is 8.18. The zero-order valence-corrected chi connectivity index (χ0v) is 18.8. The Bertz CT molecular complexity index is 1090. The molecule has 2 aromatic rings. The van der Waals surface area contributed by atoms with Crippen LogP contribution in [-0.2, 0) is 4.79 Å². The maximum Gasteiger partial charge on any atom is 0.335 e. The van der Waals surface area contributed by atoms with Gasteiger partial charge in [-0.15, -0.1) is 0 Å². The maximum absolute atomic E-state index is 12.8. The predicted molar refractivity (Wildman–Crippen MR) is 122 cm³/mol. The van der Waals surface area contributed by atoms with Crippen LogP contribution in [0.3, 0.4) is 0 Å². The van der Waals surface area contributed by atoms with Crippen LogP contribution >= 0.6 is 11.8 Å². The third-order valence-corrected chi connectivity index (χ3v) is 5.61. The Balaban J connectivity index is 2.00. The molecule has 8 heteroatoms. The van der Waals surface area contributed by atoms with Gasteiger partial charge in [0.15, 0.2) is 16.7 Å². The molecule has 1 saturated heterocycles. The lowest BCUT2D eigenvalue weighted by atomic mass is 10.1. The Morgan fingerprint density at radius 1 is 1.26 bits per heavy atom. The first-order valence-corrected chi connectivity index (χ1v) is 10.5. The number of rotatable bonds is 6. The van der Waals surface area contributed by atoms with Crippen molar-refractivity contribution in [3.05, 3.63) is 58.0 Å². The number of carbonyl (C=O) groups excluding carboxylic acids is 1. The number of carboxylic acids is 1. The van der Waals surface area contributed by atoms with Gasteiger partial charge >= 0.3 is 5.97 Å². The highest BCUT2D eigenvalue weighted by Crippen LogP contribution is 2.38. The molecule has 0 unspecified atom stereocenters. The fourth-order valence-corrected chi connectivity index (χ4v) is 3.90. The molecule has 0 radical (unpaired) electrons. The highest BCUT2D eigenvalue weighted by atomic mass is 32.2. The van der Waals surface area contributed by atoms with Gasteiger partial charge in [-0.2, -0.15) is 0 Å². The zero-order chi connectivity index (χ0) is 22.7. The van der Waals surface area contributed by atoms with Crippen molar-refractivity contribution in [3.63, 3.8) is 0 Å². The molecule has 0 atom stereocenters. The molecule has 1 fully saturated rings. The first kappa shape index (κ1) is 22.4. The van der Waals surface area contributed by atoms with Crippen molar-refractivity contribution in [2.75, 3.05) is 14.2 Å². The normalized spacial score (nSPS) is 16.5. The molecular weight excluding hydrogens is 416 g/mol. The minimum Gasteiger partial charge on any atom is -0.493 e. The summed E-state index contributed by atoms with van der Waals surface area (Å²) in [6.45, 7) is 5.69. The van der Waals surface area contributed by atoms with Gasteiger partial charge in [0.05, 0.1) is 29.4 Å². The predicted octanol–water partition coefficient (Wildman–Crippen LogP) is 4.72. The average Bonchev–Trinajstić information content (AvgIpc) is 2.98. The van der Waals surface area contributed by atoms with Crippen molar-refractivity contribution in [2.45, 2.75) is 26.9 Å². The number of ether oxygens (including phenoxy) is 2. The van der Waals surface area contributed by atoms with Gasteiger partial charge in [-0.05, 0) is 62.4 Å². The molecule has 7 nitrogen and oxygen atoms in total. The number of methoxy groups -OCH3 is 1. The Labute approximate surface area is 185 Å². The molecule has 0 bridgehead atoms. The molecule has 0 spiro atoms. The van der Waals surface area contributed by atoms with Crippen molar-refractivity contribution >= 4 is 40.6 Å². The summed E-state index contributed by atoms with van der Waals surface area (Å²) in [5.74, 6) is -0.0730. The quantitative estimate of drug-likeness (QED) is 0.654. The fraction of sp³-hybridized carbons (Fsp3) is 0.261. The minimum absolute atomic E-state index is 0.0651. The van der Waals surface area contributed by atoms with Gasteiger partial charge in [0, 0.05) is 12.6 Å². The van der Waals surface area contributed by atoms with E-state index < -0.39 is 5.97 Å². The number of nitrogens with zero attached hydrogens (tertiary/aromatic N) is 2. The number of likely N-dealkylation sites (N-methyl/N-ethyl adjacent to an activating group) is 1. The highest BCUT2D eigenvalue weighted by Gasteiger charge is 2.31. The second-order valence-corrected chi connectivity index (χ2v) is 8.23. The first-order chi connectivity index (χ1) is 14.7. The minimum atomic E-state index is -1.03. The van der Waals surface area contributed by atoms with Gasteiger partial charge < -0.3 is 14.6 Å². The monoisotopic (exact) mass is 440 g/mol. The number of hydrogen-bond acceptors (Lipinski definition) is 6. The van der Waals surface area contributed by atoms with Crippen LogP contribution in [0, 0.1) is 6.92 Å².